The van der Waals surface area contributed by atoms with Gasteiger partial charge in [-0.2, -0.15) is 5.10 Å². The molecule has 0 aliphatic rings. The van der Waals surface area contributed by atoms with Crippen molar-refractivity contribution in [3.05, 3.63) is 41.6 Å². The van der Waals surface area contributed by atoms with Gasteiger partial charge in [0.05, 0.1) is 18.0 Å². The van der Waals surface area contributed by atoms with Gasteiger partial charge in [0.15, 0.2) is 0 Å². The van der Waals surface area contributed by atoms with E-state index in [-0.39, 0.29) is 6.61 Å². The van der Waals surface area contributed by atoms with Crippen LogP contribution in [0.2, 0.25) is 0 Å². The minimum atomic E-state index is 0.0231. The molecule has 3 heteroatoms. The molecule has 0 saturated carbocycles. The molecule has 2 rings (SSSR count). The first-order valence-electron chi connectivity index (χ1n) is 4.91. The Kier molecular flexibility index (Phi) is 2.56. The molecule has 0 radical (unpaired) electrons. The van der Waals surface area contributed by atoms with Crippen molar-refractivity contribution in [2.24, 2.45) is 7.05 Å². The van der Waals surface area contributed by atoms with E-state index in [4.69, 9.17) is 5.11 Å². The Morgan fingerprint density at radius 1 is 1.33 bits per heavy atom. The van der Waals surface area contributed by atoms with E-state index in [0.717, 1.165) is 17.0 Å². The average molecular weight is 202 g/mol. The van der Waals surface area contributed by atoms with Crippen molar-refractivity contribution >= 4 is 0 Å². The van der Waals surface area contributed by atoms with Crippen molar-refractivity contribution in [2.75, 3.05) is 0 Å². The zero-order chi connectivity index (χ0) is 10.8. The number of aryl methyl sites for hydroxylation is 2. The summed E-state index contributed by atoms with van der Waals surface area (Å²) in [6.45, 7) is 2.08. The highest BCUT2D eigenvalue weighted by Gasteiger charge is 2.05. The van der Waals surface area contributed by atoms with Gasteiger partial charge in [0.25, 0.3) is 0 Å². The van der Waals surface area contributed by atoms with Crippen LogP contribution in [0.5, 0.6) is 0 Å². The Bertz CT molecular complexity index is 474. The number of aliphatic hydroxyl groups is 1. The molecule has 1 heterocycles. The van der Waals surface area contributed by atoms with Crippen LogP contribution >= 0.6 is 0 Å². The third-order valence-corrected chi connectivity index (χ3v) is 2.45. The van der Waals surface area contributed by atoms with Gasteiger partial charge in [-0.15, -0.1) is 0 Å². The molecule has 0 saturated heterocycles. The zero-order valence-corrected chi connectivity index (χ0v) is 8.94. The van der Waals surface area contributed by atoms with Crippen molar-refractivity contribution in [2.45, 2.75) is 13.5 Å². The number of hydrogen-bond acceptors (Lipinski definition) is 2. The summed E-state index contributed by atoms with van der Waals surface area (Å²) < 4.78 is 1.71. The second kappa shape index (κ2) is 3.87. The molecule has 3 nitrogen and oxygen atoms in total. The van der Waals surface area contributed by atoms with Crippen LogP contribution in [-0.4, -0.2) is 14.9 Å². The van der Waals surface area contributed by atoms with Crippen molar-refractivity contribution in [3.8, 4) is 11.3 Å². The number of benzene rings is 1. The van der Waals surface area contributed by atoms with E-state index < -0.39 is 0 Å². The third-order valence-electron chi connectivity index (χ3n) is 2.45. The smallest absolute Gasteiger partial charge is 0.0926 e. The number of aromatic nitrogens is 2. The first-order valence-corrected chi connectivity index (χ1v) is 4.91. The second-order valence-corrected chi connectivity index (χ2v) is 3.67. The molecule has 0 aliphatic heterocycles. The standard InChI is InChI=1S/C12H14N2O/c1-9-4-3-5-10(6-9)12-7-11(8-15)14(2)13-12/h3-7,15H,8H2,1-2H3. The summed E-state index contributed by atoms with van der Waals surface area (Å²) in [4.78, 5) is 0. The van der Waals surface area contributed by atoms with E-state index in [1.165, 1.54) is 5.56 Å². The lowest BCUT2D eigenvalue weighted by molar-refractivity contribution is 0.270. The molecule has 78 valence electrons. The Morgan fingerprint density at radius 3 is 2.73 bits per heavy atom. The van der Waals surface area contributed by atoms with Gasteiger partial charge in [0.2, 0.25) is 0 Å². The van der Waals surface area contributed by atoms with Crippen molar-refractivity contribution in [1.29, 1.82) is 0 Å². The van der Waals surface area contributed by atoms with E-state index in [1.807, 2.05) is 25.2 Å². The minimum Gasteiger partial charge on any atom is -0.390 e. The Morgan fingerprint density at radius 2 is 2.13 bits per heavy atom. The summed E-state index contributed by atoms with van der Waals surface area (Å²) >= 11 is 0. The highest BCUT2D eigenvalue weighted by molar-refractivity contribution is 5.60. The summed E-state index contributed by atoms with van der Waals surface area (Å²) in [6, 6.07) is 10.1. The van der Waals surface area contributed by atoms with Crippen molar-refractivity contribution < 1.29 is 5.11 Å². The van der Waals surface area contributed by atoms with Crippen LogP contribution in [0.3, 0.4) is 0 Å². The minimum absolute atomic E-state index is 0.0231. The molecule has 1 aromatic carbocycles. The first kappa shape index (κ1) is 9.93. The lowest BCUT2D eigenvalue weighted by Gasteiger charge is -1.97. The molecule has 0 spiro atoms. The largest absolute Gasteiger partial charge is 0.390 e. The zero-order valence-electron chi connectivity index (χ0n) is 8.94. The number of nitrogens with zero attached hydrogens (tertiary/aromatic N) is 2. The number of rotatable bonds is 2. The second-order valence-electron chi connectivity index (χ2n) is 3.67. The van der Waals surface area contributed by atoms with Gasteiger partial charge < -0.3 is 5.11 Å². The average Bonchev–Trinajstić information content (AvgIpc) is 2.60. The van der Waals surface area contributed by atoms with Crippen LogP contribution in [0.1, 0.15) is 11.3 Å². The number of aliphatic hydroxyl groups excluding tert-OH is 1. The fourth-order valence-corrected chi connectivity index (χ4v) is 1.60. The predicted molar refractivity (Wildman–Crippen MR) is 59.3 cm³/mol. The molecule has 0 amide bonds. The lowest BCUT2D eigenvalue weighted by Crippen LogP contribution is -1.96. The van der Waals surface area contributed by atoms with Crippen LogP contribution < -0.4 is 0 Å². The highest BCUT2D eigenvalue weighted by atomic mass is 16.3. The van der Waals surface area contributed by atoms with Crippen LogP contribution in [0.4, 0.5) is 0 Å². The van der Waals surface area contributed by atoms with Crippen molar-refractivity contribution in [3.63, 3.8) is 0 Å². The molecule has 1 N–H and O–H groups in total. The molecule has 15 heavy (non-hydrogen) atoms. The van der Waals surface area contributed by atoms with Crippen LogP contribution in [0.15, 0.2) is 30.3 Å². The molecule has 0 aliphatic carbocycles. The molecule has 0 atom stereocenters. The summed E-state index contributed by atoms with van der Waals surface area (Å²) in [5, 5.41) is 13.4. The van der Waals surface area contributed by atoms with Crippen molar-refractivity contribution in [1.82, 2.24) is 9.78 Å². The van der Waals surface area contributed by atoms with E-state index in [2.05, 4.69) is 24.2 Å². The monoisotopic (exact) mass is 202 g/mol. The maximum absolute atomic E-state index is 9.07. The molecule has 0 unspecified atom stereocenters. The summed E-state index contributed by atoms with van der Waals surface area (Å²) in [5.41, 5.74) is 4.03. The Balaban J connectivity index is 2.45. The SMILES string of the molecule is Cc1cccc(-c2cc(CO)n(C)n2)c1. The highest BCUT2D eigenvalue weighted by Crippen LogP contribution is 2.19. The van der Waals surface area contributed by atoms with Gasteiger partial charge in [0, 0.05) is 12.6 Å². The molecular weight excluding hydrogens is 188 g/mol. The first-order chi connectivity index (χ1) is 7.20. The van der Waals surface area contributed by atoms with Crippen LogP contribution in [0, 0.1) is 6.92 Å². The van der Waals surface area contributed by atoms with Crippen LogP contribution in [-0.2, 0) is 13.7 Å². The molecule has 0 bridgehead atoms. The van der Waals surface area contributed by atoms with Gasteiger partial charge in [-0.1, -0.05) is 23.8 Å². The van der Waals surface area contributed by atoms with E-state index in [1.54, 1.807) is 4.68 Å². The third kappa shape index (κ3) is 1.92. The summed E-state index contributed by atoms with van der Waals surface area (Å²) in [7, 11) is 1.84. The quantitative estimate of drug-likeness (QED) is 0.807. The predicted octanol–water partition coefficient (Wildman–Crippen LogP) is 1.89. The fourth-order valence-electron chi connectivity index (χ4n) is 1.60. The molecule has 2 aromatic rings. The van der Waals surface area contributed by atoms with E-state index in [9.17, 15) is 0 Å². The topological polar surface area (TPSA) is 38.0 Å². The van der Waals surface area contributed by atoms with Gasteiger partial charge in [-0.3, -0.25) is 4.68 Å². The molecule has 0 fully saturated rings. The van der Waals surface area contributed by atoms with Gasteiger partial charge >= 0.3 is 0 Å². The van der Waals surface area contributed by atoms with Gasteiger partial charge in [0.1, 0.15) is 0 Å². The summed E-state index contributed by atoms with van der Waals surface area (Å²) in [5.74, 6) is 0. The molecule has 1 aromatic heterocycles. The van der Waals surface area contributed by atoms with Gasteiger partial charge in [-0.05, 0) is 19.1 Å². The summed E-state index contributed by atoms with van der Waals surface area (Å²) in [6.07, 6.45) is 0. The molecular formula is C12H14N2O. The van der Waals surface area contributed by atoms with Gasteiger partial charge in [-0.25, -0.2) is 0 Å². The van der Waals surface area contributed by atoms with E-state index >= 15 is 0 Å². The lowest BCUT2D eigenvalue weighted by atomic mass is 10.1. The number of hydrogen-bond donors (Lipinski definition) is 1. The Hall–Kier alpha value is -1.61. The Labute approximate surface area is 89.0 Å². The maximum atomic E-state index is 9.07. The fraction of sp³-hybridized carbons (Fsp3) is 0.250. The normalized spacial score (nSPS) is 10.6. The van der Waals surface area contributed by atoms with Crippen LogP contribution in [0.25, 0.3) is 11.3 Å². The maximum Gasteiger partial charge on any atom is 0.0926 e. The van der Waals surface area contributed by atoms with E-state index in [0.29, 0.717) is 0 Å².